The average Bonchev–Trinajstić information content (AvgIpc) is 1.66. The minimum Gasteiger partial charge on any atom is -0.211 e. The molecule has 0 fully saturated rings. The third-order valence-electron chi connectivity index (χ3n) is 0.831. The summed E-state index contributed by atoms with van der Waals surface area (Å²) in [6.45, 7) is 3.47. The van der Waals surface area contributed by atoms with Gasteiger partial charge in [0.15, 0.2) is 0 Å². The van der Waals surface area contributed by atoms with Crippen LogP contribution in [0.4, 0.5) is 8.78 Å². The zero-order valence-electron chi connectivity index (χ0n) is 4.74. The van der Waals surface area contributed by atoms with Crippen molar-refractivity contribution in [2.45, 2.75) is 18.9 Å². The zero-order chi connectivity index (χ0) is 6.41. The van der Waals surface area contributed by atoms with Crippen LogP contribution >= 0.6 is 0 Å². The highest BCUT2D eigenvalue weighted by molar-refractivity contribution is 6.41. The first-order valence-electron chi connectivity index (χ1n) is 2.66. The van der Waals surface area contributed by atoms with Gasteiger partial charge in [-0.15, -0.1) is 12.3 Å². The predicted octanol–water partition coefficient (Wildman–Crippen LogP) is 1.37. The van der Waals surface area contributed by atoms with Crippen molar-refractivity contribution in [1.29, 1.82) is 0 Å². The van der Waals surface area contributed by atoms with Gasteiger partial charge in [0.2, 0.25) is 6.43 Å². The molecule has 0 spiro atoms. The molecule has 0 saturated carbocycles. The normalized spacial score (nSPS) is 11.4. The van der Waals surface area contributed by atoms with E-state index < -0.39 is 6.43 Å². The average molecular weight is 136 g/mol. The van der Waals surface area contributed by atoms with Crippen molar-refractivity contribution in [2.75, 3.05) is 0 Å². The van der Waals surface area contributed by atoms with Crippen LogP contribution < -0.4 is 0 Å². The van der Waals surface area contributed by atoms with Crippen LogP contribution in [0.2, 0.25) is 6.04 Å². The fourth-order valence-electron chi connectivity index (χ4n) is 0.416. The first kappa shape index (κ1) is 7.82. The van der Waals surface area contributed by atoms with Gasteiger partial charge >= 0.3 is 0 Å². The lowest BCUT2D eigenvalue weighted by Gasteiger charge is -1.92. The van der Waals surface area contributed by atoms with Gasteiger partial charge in [-0.25, -0.2) is 8.78 Å². The van der Waals surface area contributed by atoms with Crippen molar-refractivity contribution in [1.82, 2.24) is 0 Å². The zero-order valence-corrected chi connectivity index (χ0v) is 6.15. The summed E-state index contributed by atoms with van der Waals surface area (Å²) in [7, 11) is -0.337. The topological polar surface area (TPSA) is 0 Å². The third-order valence-corrected chi connectivity index (χ3v) is 2.06. The summed E-state index contributed by atoms with van der Waals surface area (Å²) < 4.78 is 22.7. The highest BCUT2D eigenvalue weighted by Gasteiger charge is 1.98. The first-order chi connectivity index (χ1) is 3.77. The maximum absolute atomic E-state index is 11.3. The third kappa shape index (κ3) is 5.82. The number of rotatable bonds is 4. The summed E-state index contributed by atoms with van der Waals surface area (Å²) >= 11 is 0. The largest absolute Gasteiger partial charge is 0.238 e. The first-order valence-corrected chi connectivity index (χ1v) is 4.48. The number of alkyl halides is 2. The molecule has 0 nitrogen and oxygen atoms in total. The van der Waals surface area contributed by atoms with Crippen LogP contribution in [-0.4, -0.2) is 15.9 Å². The molecular formula is C5H10F2Si. The molecule has 0 bridgehead atoms. The molecule has 3 heteroatoms. The fourth-order valence-corrected chi connectivity index (χ4v) is 1.25. The number of hydrogen-bond donors (Lipinski definition) is 0. The summed E-state index contributed by atoms with van der Waals surface area (Å²) in [5.41, 5.74) is 1.79. The minimum atomic E-state index is -2.11. The van der Waals surface area contributed by atoms with Gasteiger partial charge in [0.05, 0.1) is 0 Å². The molecule has 0 aromatic rings. The molecule has 0 aromatic heterocycles. The van der Waals surface area contributed by atoms with E-state index in [-0.39, 0.29) is 15.9 Å². The fraction of sp³-hybridized carbons (Fsp3) is 0.600. The van der Waals surface area contributed by atoms with Gasteiger partial charge in [0.25, 0.3) is 0 Å². The van der Waals surface area contributed by atoms with Crippen LogP contribution in [0.5, 0.6) is 0 Å². The summed E-state index contributed by atoms with van der Waals surface area (Å²) in [4.78, 5) is 0. The van der Waals surface area contributed by atoms with Gasteiger partial charge in [-0.3, -0.25) is 0 Å². The van der Waals surface area contributed by atoms with E-state index in [0.29, 0.717) is 6.04 Å². The lowest BCUT2D eigenvalue weighted by molar-refractivity contribution is 0.144. The van der Waals surface area contributed by atoms with E-state index in [2.05, 4.69) is 6.58 Å². The standard InChI is InChI=1S/C5H10F2Si/c1-2-8-4-3-5(6)7/h2,5H,1,3-4,8H2. The Morgan fingerprint density at radius 3 is 2.62 bits per heavy atom. The van der Waals surface area contributed by atoms with Gasteiger partial charge in [-0.2, -0.15) is 0 Å². The second kappa shape index (κ2) is 4.96. The van der Waals surface area contributed by atoms with Crippen LogP contribution in [0.1, 0.15) is 6.42 Å². The van der Waals surface area contributed by atoms with E-state index >= 15 is 0 Å². The van der Waals surface area contributed by atoms with Crippen LogP contribution in [0.25, 0.3) is 0 Å². The monoisotopic (exact) mass is 136 g/mol. The molecule has 0 N–H and O–H groups in total. The Labute approximate surface area is 50.4 Å². The predicted molar refractivity (Wildman–Crippen MR) is 34.2 cm³/mol. The van der Waals surface area contributed by atoms with Crippen LogP contribution in [0.15, 0.2) is 12.3 Å². The van der Waals surface area contributed by atoms with Gasteiger partial charge in [0, 0.05) is 15.9 Å². The molecule has 0 amide bonds. The van der Waals surface area contributed by atoms with Crippen LogP contribution in [-0.2, 0) is 0 Å². The second-order valence-electron chi connectivity index (χ2n) is 1.61. The molecule has 0 saturated heterocycles. The van der Waals surface area contributed by atoms with Crippen molar-refractivity contribution in [3.8, 4) is 0 Å². The van der Waals surface area contributed by atoms with E-state index in [0.717, 1.165) is 0 Å². The molecule has 0 unspecified atom stereocenters. The molecule has 8 heavy (non-hydrogen) atoms. The number of halogens is 2. The molecule has 0 rings (SSSR count). The Kier molecular flexibility index (Phi) is 4.85. The van der Waals surface area contributed by atoms with Crippen molar-refractivity contribution in [3.05, 3.63) is 12.3 Å². The molecule has 0 aliphatic heterocycles. The van der Waals surface area contributed by atoms with Gasteiger partial charge in [0.1, 0.15) is 0 Å². The highest BCUT2D eigenvalue weighted by atomic mass is 28.2. The van der Waals surface area contributed by atoms with Gasteiger partial charge in [-0.1, -0.05) is 6.04 Å². The van der Waals surface area contributed by atoms with Crippen molar-refractivity contribution < 1.29 is 8.78 Å². The smallest absolute Gasteiger partial charge is 0.211 e. The van der Waals surface area contributed by atoms with E-state index in [1.165, 1.54) is 0 Å². The van der Waals surface area contributed by atoms with E-state index in [1.807, 2.05) is 0 Å². The Morgan fingerprint density at radius 2 is 2.25 bits per heavy atom. The Bertz CT molecular complexity index is 63.4. The molecule has 0 aliphatic rings. The Balaban J connectivity index is 2.81. The van der Waals surface area contributed by atoms with E-state index in [1.54, 1.807) is 5.70 Å². The molecular weight excluding hydrogens is 126 g/mol. The SMILES string of the molecule is C=C[SiH2]CCC(F)F. The molecule has 0 atom stereocenters. The van der Waals surface area contributed by atoms with Crippen molar-refractivity contribution in [2.24, 2.45) is 0 Å². The van der Waals surface area contributed by atoms with Crippen LogP contribution in [0.3, 0.4) is 0 Å². The lowest BCUT2D eigenvalue weighted by atomic mass is 10.5. The molecule has 0 radical (unpaired) electrons. The maximum Gasteiger partial charge on any atom is 0.238 e. The second-order valence-corrected chi connectivity index (χ2v) is 3.47. The van der Waals surface area contributed by atoms with Crippen molar-refractivity contribution in [3.63, 3.8) is 0 Å². The summed E-state index contributed by atoms with van der Waals surface area (Å²) in [6.07, 6.45) is -2.04. The Morgan fingerprint density at radius 1 is 1.62 bits per heavy atom. The minimum absolute atomic E-state index is 0.0677. The van der Waals surface area contributed by atoms with Crippen LogP contribution in [0, 0.1) is 0 Å². The maximum atomic E-state index is 11.3. The van der Waals surface area contributed by atoms with E-state index in [9.17, 15) is 8.78 Å². The summed E-state index contributed by atoms with van der Waals surface area (Å²) in [5.74, 6) is 0. The van der Waals surface area contributed by atoms with Crippen molar-refractivity contribution >= 4 is 9.52 Å². The Hall–Kier alpha value is -0.183. The van der Waals surface area contributed by atoms with E-state index in [4.69, 9.17) is 0 Å². The lowest BCUT2D eigenvalue weighted by Crippen LogP contribution is -1.92. The van der Waals surface area contributed by atoms with Gasteiger partial charge in [-0.05, 0) is 0 Å². The van der Waals surface area contributed by atoms with Gasteiger partial charge < -0.3 is 0 Å². The number of hydrogen-bond acceptors (Lipinski definition) is 0. The molecule has 0 heterocycles. The molecule has 0 aromatic carbocycles. The molecule has 0 aliphatic carbocycles. The summed E-state index contributed by atoms with van der Waals surface area (Å²) in [6, 6.07) is 0.696. The molecule has 48 valence electrons. The summed E-state index contributed by atoms with van der Waals surface area (Å²) in [5, 5.41) is 0. The highest BCUT2D eigenvalue weighted by Crippen LogP contribution is 2.01. The quantitative estimate of drug-likeness (QED) is 0.404.